The zero-order valence-electron chi connectivity index (χ0n) is 18.5. The van der Waals surface area contributed by atoms with Crippen molar-refractivity contribution in [3.63, 3.8) is 0 Å². The van der Waals surface area contributed by atoms with Crippen molar-refractivity contribution < 1.29 is 23.1 Å². The normalized spacial score (nSPS) is 10.9. The van der Waals surface area contributed by atoms with Crippen LogP contribution in [0.4, 0.5) is 5.69 Å². The maximum absolute atomic E-state index is 13.4. The number of carboxylic acids is 1. The molecule has 8 nitrogen and oxygen atoms in total. The Balaban J connectivity index is 1.77. The Kier molecular flexibility index (Phi) is 6.60. The lowest BCUT2D eigenvalue weighted by molar-refractivity contribution is 0.0690. The van der Waals surface area contributed by atoms with Crippen LogP contribution in [0.1, 0.15) is 27.2 Å². The van der Waals surface area contributed by atoms with Gasteiger partial charge in [-0.3, -0.25) is 9.71 Å². The van der Waals surface area contributed by atoms with E-state index in [9.17, 15) is 13.2 Å². The number of hydrogen-bond acceptors (Lipinski definition) is 6. The third kappa shape index (κ3) is 5.04. The van der Waals surface area contributed by atoms with Crippen molar-refractivity contribution in [1.82, 2.24) is 9.97 Å². The molecule has 4 aromatic rings. The van der Waals surface area contributed by atoms with Gasteiger partial charge in [0.25, 0.3) is 10.0 Å². The SMILES string of the molecule is COc1ccc(S(=O)(=O)Nc2c(C)cc(Cl)cc2C#Cc2ccc(C(=O)O)nc2)c2ncccc12. The lowest BCUT2D eigenvalue weighted by Crippen LogP contribution is -2.16. The maximum atomic E-state index is 13.4. The van der Waals surface area contributed by atoms with E-state index in [2.05, 4.69) is 26.5 Å². The fourth-order valence-electron chi connectivity index (χ4n) is 3.42. The van der Waals surface area contributed by atoms with E-state index in [1.165, 1.54) is 37.7 Å². The number of aromatic carboxylic acids is 1. The van der Waals surface area contributed by atoms with Crippen LogP contribution in [0.5, 0.6) is 5.75 Å². The standard InChI is InChI=1S/C25H18ClN3O5S/c1-15-12-18(26)13-17(7-5-16-6-8-20(25(30)31)28-14-16)23(15)29-35(32,33)22-10-9-21(34-2)19-4-3-11-27-24(19)22/h3-4,6,8-14,29H,1-2H3,(H,30,31). The number of pyridine rings is 2. The Morgan fingerprint density at radius 3 is 2.60 bits per heavy atom. The lowest BCUT2D eigenvalue weighted by atomic mass is 10.1. The van der Waals surface area contributed by atoms with E-state index < -0.39 is 16.0 Å². The molecule has 0 aliphatic rings. The predicted molar refractivity (Wildman–Crippen MR) is 132 cm³/mol. The number of fused-ring (bicyclic) bond motifs is 1. The number of nitrogens with zero attached hydrogens (tertiary/aromatic N) is 2. The van der Waals surface area contributed by atoms with Gasteiger partial charge in [0.2, 0.25) is 0 Å². The Bertz CT molecular complexity index is 1630. The van der Waals surface area contributed by atoms with E-state index in [0.717, 1.165) is 0 Å². The van der Waals surface area contributed by atoms with E-state index in [1.807, 2.05) is 0 Å². The number of nitrogens with one attached hydrogen (secondary N) is 1. The first-order valence-corrected chi connectivity index (χ1v) is 12.0. The predicted octanol–water partition coefficient (Wildman–Crippen LogP) is 4.50. The molecule has 0 atom stereocenters. The molecule has 0 spiro atoms. The largest absolute Gasteiger partial charge is 0.496 e. The molecule has 0 fully saturated rings. The fourth-order valence-corrected chi connectivity index (χ4v) is 5.00. The number of halogens is 1. The number of carbonyl (C=O) groups is 1. The molecule has 0 unspecified atom stereocenters. The molecule has 0 radical (unpaired) electrons. The van der Waals surface area contributed by atoms with Crippen molar-refractivity contribution in [2.75, 3.05) is 11.8 Å². The van der Waals surface area contributed by atoms with E-state index in [-0.39, 0.29) is 21.8 Å². The van der Waals surface area contributed by atoms with Crippen LogP contribution >= 0.6 is 11.6 Å². The third-order valence-corrected chi connectivity index (χ3v) is 6.66. The summed E-state index contributed by atoms with van der Waals surface area (Å²) in [5.74, 6) is 5.13. The molecule has 2 aromatic carbocycles. The summed E-state index contributed by atoms with van der Waals surface area (Å²) >= 11 is 6.21. The Morgan fingerprint density at radius 2 is 1.91 bits per heavy atom. The average molecular weight is 508 g/mol. The van der Waals surface area contributed by atoms with Gasteiger partial charge in [-0.25, -0.2) is 18.2 Å². The summed E-state index contributed by atoms with van der Waals surface area (Å²) in [4.78, 5) is 19.1. The smallest absolute Gasteiger partial charge is 0.354 e. The van der Waals surface area contributed by atoms with Crippen LogP contribution in [0.2, 0.25) is 5.02 Å². The highest BCUT2D eigenvalue weighted by Crippen LogP contribution is 2.32. The van der Waals surface area contributed by atoms with Gasteiger partial charge in [-0.15, -0.1) is 0 Å². The number of hydrogen-bond donors (Lipinski definition) is 2. The number of benzene rings is 2. The molecule has 10 heteroatoms. The molecule has 0 aliphatic carbocycles. The van der Waals surface area contributed by atoms with Crippen LogP contribution < -0.4 is 9.46 Å². The quantitative estimate of drug-likeness (QED) is 0.382. The first-order chi connectivity index (χ1) is 16.7. The van der Waals surface area contributed by atoms with Crippen LogP contribution in [0, 0.1) is 18.8 Å². The molecule has 2 N–H and O–H groups in total. The second-order valence-electron chi connectivity index (χ2n) is 7.40. The van der Waals surface area contributed by atoms with Crippen molar-refractivity contribution in [2.24, 2.45) is 0 Å². The molecule has 4 rings (SSSR count). The van der Waals surface area contributed by atoms with Crippen molar-refractivity contribution >= 4 is 44.2 Å². The van der Waals surface area contributed by atoms with Gasteiger partial charge in [-0.2, -0.15) is 0 Å². The van der Waals surface area contributed by atoms with Crippen LogP contribution in [0.25, 0.3) is 10.9 Å². The van der Waals surface area contributed by atoms with Crippen LogP contribution in [-0.4, -0.2) is 36.6 Å². The Labute approximate surface area is 206 Å². The highest BCUT2D eigenvalue weighted by atomic mass is 35.5. The van der Waals surface area contributed by atoms with Gasteiger partial charge in [0, 0.05) is 28.4 Å². The molecule has 0 bridgehead atoms. The second-order valence-corrected chi connectivity index (χ2v) is 9.49. The number of carboxylic acid groups (broad SMARTS) is 1. The topological polar surface area (TPSA) is 118 Å². The van der Waals surface area contributed by atoms with E-state index in [4.69, 9.17) is 21.4 Å². The fraction of sp³-hybridized carbons (Fsp3) is 0.0800. The minimum absolute atomic E-state index is 0.0179. The van der Waals surface area contributed by atoms with Gasteiger partial charge >= 0.3 is 5.97 Å². The highest BCUT2D eigenvalue weighted by Gasteiger charge is 2.22. The van der Waals surface area contributed by atoms with Crippen LogP contribution in [-0.2, 0) is 10.0 Å². The summed E-state index contributed by atoms with van der Waals surface area (Å²) in [6.07, 6.45) is 2.84. The summed E-state index contributed by atoms with van der Waals surface area (Å²) in [6.45, 7) is 1.71. The Morgan fingerprint density at radius 1 is 1.11 bits per heavy atom. The molecule has 0 aliphatic heterocycles. The first kappa shape index (κ1) is 24.0. The summed E-state index contributed by atoms with van der Waals surface area (Å²) in [5, 5.41) is 9.93. The summed E-state index contributed by atoms with van der Waals surface area (Å²) in [7, 11) is -2.58. The second kappa shape index (κ2) is 9.62. The molecule has 0 amide bonds. The zero-order valence-corrected chi connectivity index (χ0v) is 20.1. The minimum atomic E-state index is -4.08. The van der Waals surface area contributed by atoms with E-state index >= 15 is 0 Å². The van der Waals surface area contributed by atoms with Crippen LogP contribution in [0.15, 0.2) is 65.8 Å². The van der Waals surface area contributed by atoms with Crippen molar-refractivity contribution in [1.29, 1.82) is 0 Å². The van der Waals surface area contributed by atoms with Gasteiger partial charge in [-0.1, -0.05) is 23.4 Å². The third-order valence-electron chi connectivity index (χ3n) is 5.06. The molecule has 176 valence electrons. The van der Waals surface area contributed by atoms with E-state index in [1.54, 1.807) is 37.3 Å². The van der Waals surface area contributed by atoms with Gasteiger partial charge in [0.15, 0.2) is 0 Å². The van der Waals surface area contributed by atoms with Crippen LogP contribution in [0.3, 0.4) is 0 Å². The summed E-state index contributed by atoms with van der Waals surface area (Å²) < 4.78 is 34.8. The molecule has 0 saturated carbocycles. The number of anilines is 1. The van der Waals surface area contributed by atoms with Gasteiger partial charge < -0.3 is 9.84 Å². The number of sulfonamides is 1. The molecule has 35 heavy (non-hydrogen) atoms. The van der Waals surface area contributed by atoms with Crippen molar-refractivity contribution in [3.05, 3.63) is 88.3 Å². The molecule has 2 heterocycles. The molecule has 0 saturated heterocycles. The summed E-state index contributed by atoms with van der Waals surface area (Å²) in [6, 6.07) is 12.4. The molecule has 2 aromatic heterocycles. The molecular weight excluding hydrogens is 490 g/mol. The number of aryl methyl sites for hydroxylation is 1. The van der Waals surface area contributed by atoms with Gasteiger partial charge in [0.1, 0.15) is 16.3 Å². The van der Waals surface area contributed by atoms with Gasteiger partial charge in [-0.05, 0) is 61.0 Å². The Hall–Kier alpha value is -4.13. The number of aromatic nitrogens is 2. The maximum Gasteiger partial charge on any atom is 0.354 e. The summed E-state index contributed by atoms with van der Waals surface area (Å²) in [5.41, 5.74) is 1.77. The first-order valence-electron chi connectivity index (χ1n) is 10.2. The number of methoxy groups -OCH3 is 1. The highest BCUT2D eigenvalue weighted by molar-refractivity contribution is 7.93. The lowest BCUT2D eigenvalue weighted by Gasteiger charge is -2.15. The van der Waals surface area contributed by atoms with Crippen molar-refractivity contribution in [3.8, 4) is 17.6 Å². The monoisotopic (exact) mass is 507 g/mol. The number of ether oxygens (including phenoxy) is 1. The number of rotatable bonds is 5. The minimum Gasteiger partial charge on any atom is -0.496 e. The van der Waals surface area contributed by atoms with Crippen molar-refractivity contribution in [2.45, 2.75) is 11.8 Å². The zero-order chi connectivity index (χ0) is 25.2. The molecular formula is C25H18ClN3O5S. The average Bonchev–Trinajstić information content (AvgIpc) is 2.84. The van der Waals surface area contributed by atoms with Gasteiger partial charge in [0.05, 0.1) is 23.9 Å². The van der Waals surface area contributed by atoms with E-state index in [0.29, 0.717) is 32.8 Å².